The van der Waals surface area contributed by atoms with Crippen LogP contribution in [0.2, 0.25) is 0 Å². The van der Waals surface area contributed by atoms with Crippen molar-refractivity contribution in [2.45, 2.75) is 19.5 Å². The van der Waals surface area contributed by atoms with Crippen molar-refractivity contribution in [2.75, 3.05) is 23.9 Å². The first-order valence-corrected chi connectivity index (χ1v) is 11.2. The Morgan fingerprint density at radius 1 is 1.24 bits per heavy atom. The molecule has 1 unspecified atom stereocenters. The van der Waals surface area contributed by atoms with Gasteiger partial charge in [0.05, 0.1) is 19.3 Å². The van der Waals surface area contributed by atoms with Crippen LogP contribution in [0, 0.1) is 0 Å². The van der Waals surface area contributed by atoms with Gasteiger partial charge in [0, 0.05) is 71.5 Å². The van der Waals surface area contributed by atoms with E-state index in [1.807, 2.05) is 48.4 Å². The molecule has 0 saturated heterocycles. The Hall–Kier alpha value is -2.94. The van der Waals surface area contributed by atoms with Crippen LogP contribution < -0.4 is 5.32 Å². The van der Waals surface area contributed by atoms with Crippen LogP contribution in [-0.4, -0.2) is 53.6 Å². The highest BCUT2D eigenvalue weighted by molar-refractivity contribution is 7.84. The molecule has 0 fully saturated rings. The summed E-state index contributed by atoms with van der Waals surface area (Å²) >= 11 is 0. The molecular formula is C20H24N6O2S. The molecule has 1 aliphatic heterocycles. The van der Waals surface area contributed by atoms with Crippen LogP contribution in [0.4, 0.5) is 11.5 Å². The maximum absolute atomic E-state index is 11.5. The molecule has 0 radical (unpaired) electrons. The van der Waals surface area contributed by atoms with Crippen LogP contribution in [-0.2, 0) is 42.2 Å². The predicted octanol–water partition coefficient (Wildman–Crippen LogP) is 1.92. The van der Waals surface area contributed by atoms with Crippen molar-refractivity contribution < 1.29 is 9.00 Å². The Balaban J connectivity index is 1.59. The predicted molar refractivity (Wildman–Crippen MR) is 113 cm³/mol. The van der Waals surface area contributed by atoms with Crippen LogP contribution in [0.5, 0.6) is 0 Å². The van der Waals surface area contributed by atoms with E-state index in [1.165, 1.54) is 0 Å². The van der Waals surface area contributed by atoms with Gasteiger partial charge in [-0.3, -0.25) is 18.4 Å². The number of rotatable bonds is 7. The normalized spacial score (nSPS) is 14.5. The van der Waals surface area contributed by atoms with E-state index in [0.717, 1.165) is 46.7 Å². The molecule has 1 atom stereocenters. The number of nitrogens with zero attached hydrogens (tertiary/aromatic N) is 5. The Kier molecular flexibility index (Phi) is 5.48. The summed E-state index contributed by atoms with van der Waals surface area (Å²) in [5.74, 6) is 1.31. The van der Waals surface area contributed by atoms with Crippen molar-refractivity contribution in [3.05, 3.63) is 47.9 Å². The molecule has 0 bridgehead atoms. The van der Waals surface area contributed by atoms with Gasteiger partial charge in [-0.25, -0.2) is 0 Å². The van der Waals surface area contributed by atoms with E-state index in [2.05, 4.69) is 10.4 Å². The van der Waals surface area contributed by atoms with Crippen LogP contribution in [0.1, 0.15) is 11.3 Å². The lowest BCUT2D eigenvalue weighted by Crippen LogP contribution is -2.30. The fourth-order valence-electron chi connectivity index (χ4n) is 3.56. The second-order valence-corrected chi connectivity index (χ2v) is 8.76. The molecule has 0 spiro atoms. The summed E-state index contributed by atoms with van der Waals surface area (Å²) in [6.45, 7) is 1.81. The maximum atomic E-state index is 11.5. The molecule has 0 saturated carbocycles. The molecule has 9 heteroatoms. The number of anilines is 2. The van der Waals surface area contributed by atoms with Gasteiger partial charge in [0.2, 0.25) is 6.41 Å². The molecule has 1 N–H and O–H groups in total. The fraction of sp³-hybridized carbons (Fsp3) is 0.350. The number of hydrogen-bond acceptors (Lipinski definition) is 5. The number of amides is 1. The van der Waals surface area contributed by atoms with Crippen molar-refractivity contribution in [3.63, 3.8) is 0 Å². The highest BCUT2D eigenvalue weighted by Gasteiger charge is 2.24. The highest BCUT2D eigenvalue weighted by Crippen LogP contribution is 2.29. The van der Waals surface area contributed by atoms with E-state index in [1.54, 1.807) is 15.8 Å². The van der Waals surface area contributed by atoms with E-state index in [0.29, 0.717) is 25.4 Å². The Morgan fingerprint density at radius 2 is 2.03 bits per heavy atom. The van der Waals surface area contributed by atoms with Crippen LogP contribution >= 0.6 is 0 Å². The fourth-order valence-corrected chi connectivity index (χ4v) is 3.99. The largest absolute Gasteiger partial charge is 0.340 e. The van der Waals surface area contributed by atoms with Gasteiger partial charge in [-0.15, -0.1) is 0 Å². The van der Waals surface area contributed by atoms with Crippen molar-refractivity contribution in [3.8, 4) is 11.1 Å². The average molecular weight is 413 g/mol. The molecule has 29 heavy (non-hydrogen) atoms. The zero-order valence-electron chi connectivity index (χ0n) is 16.5. The van der Waals surface area contributed by atoms with Crippen LogP contribution in [0.3, 0.4) is 0 Å². The lowest BCUT2D eigenvalue weighted by atomic mass is 10.1. The minimum absolute atomic E-state index is 0.532. The monoisotopic (exact) mass is 412 g/mol. The van der Waals surface area contributed by atoms with Crippen molar-refractivity contribution >= 4 is 28.7 Å². The second-order valence-electron chi connectivity index (χ2n) is 7.21. The molecule has 3 heterocycles. The molecule has 4 rings (SSSR count). The average Bonchev–Trinajstić information content (AvgIpc) is 3.30. The second kappa shape index (κ2) is 8.20. The Morgan fingerprint density at radius 3 is 2.69 bits per heavy atom. The zero-order chi connectivity index (χ0) is 20.4. The van der Waals surface area contributed by atoms with E-state index in [4.69, 9.17) is 5.10 Å². The highest BCUT2D eigenvalue weighted by atomic mass is 32.2. The van der Waals surface area contributed by atoms with E-state index < -0.39 is 10.8 Å². The van der Waals surface area contributed by atoms with Crippen molar-refractivity contribution in [2.24, 2.45) is 7.05 Å². The third-order valence-electron chi connectivity index (χ3n) is 5.09. The van der Waals surface area contributed by atoms with Crippen LogP contribution in [0.15, 0.2) is 36.7 Å². The molecule has 2 aromatic heterocycles. The summed E-state index contributed by atoms with van der Waals surface area (Å²) < 4.78 is 15.2. The number of aryl methyl sites for hydroxylation is 2. The van der Waals surface area contributed by atoms with Gasteiger partial charge in [0.1, 0.15) is 0 Å². The molecule has 1 amide bonds. The number of fused-ring (bicyclic) bond motifs is 1. The first-order valence-electron chi connectivity index (χ1n) is 9.47. The van der Waals surface area contributed by atoms with Gasteiger partial charge < -0.3 is 10.2 Å². The summed E-state index contributed by atoms with van der Waals surface area (Å²) in [6.07, 6.45) is 7.15. The van der Waals surface area contributed by atoms with Gasteiger partial charge in [0.25, 0.3) is 0 Å². The number of aromatic nitrogens is 4. The van der Waals surface area contributed by atoms with Crippen molar-refractivity contribution in [1.29, 1.82) is 0 Å². The minimum atomic E-state index is -0.878. The zero-order valence-corrected chi connectivity index (χ0v) is 17.4. The van der Waals surface area contributed by atoms with Gasteiger partial charge in [-0.2, -0.15) is 10.2 Å². The SMILES string of the molecule is Cn1cc(-c2ccc(Nc3nn(CCS(C)=O)c4c3CN(C=O)CC4)cc2)cn1. The lowest BCUT2D eigenvalue weighted by molar-refractivity contribution is -0.118. The number of benzene rings is 1. The standard InChI is InChI=1S/C20H24N6O2S/c1-24-12-16(11-21-24)15-3-5-17(6-4-15)22-20-18-13-25(14-27)8-7-19(18)26(23-20)9-10-29(2)28/h3-6,11-12,14H,7-10,13H2,1-2H3,(H,22,23). The molecule has 152 valence electrons. The van der Waals surface area contributed by atoms with E-state index in [-0.39, 0.29) is 0 Å². The molecule has 1 aromatic carbocycles. The van der Waals surface area contributed by atoms with Gasteiger partial charge in [0.15, 0.2) is 5.82 Å². The maximum Gasteiger partial charge on any atom is 0.210 e. The van der Waals surface area contributed by atoms with Gasteiger partial charge in [-0.1, -0.05) is 12.1 Å². The molecular weight excluding hydrogens is 388 g/mol. The van der Waals surface area contributed by atoms with Crippen molar-refractivity contribution in [1.82, 2.24) is 24.5 Å². The van der Waals surface area contributed by atoms with Gasteiger partial charge in [-0.05, 0) is 17.7 Å². The molecule has 1 aliphatic rings. The topological polar surface area (TPSA) is 85.0 Å². The van der Waals surface area contributed by atoms with E-state index >= 15 is 0 Å². The first kappa shape index (κ1) is 19.4. The summed E-state index contributed by atoms with van der Waals surface area (Å²) in [7, 11) is 1.02. The minimum Gasteiger partial charge on any atom is -0.340 e. The summed E-state index contributed by atoms with van der Waals surface area (Å²) in [5.41, 5.74) is 5.22. The molecule has 8 nitrogen and oxygen atoms in total. The quantitative estimate of drug-likeness (QED) is 0.600. The third kappa shape index (κ3) is 4.24. The van der Waals surface area contributed by atoms with Crippen LogP contribution in [0.25, 0.3) is 11.1 Å². The van der Waals surface area contributed by atoms with Gasteiger partial charge >= 0.3 is 0 Å². The first-order chi connectivity index (χ1) is 14.0. The van der Waals surface area contributed by atoms with E-state index in [9.17, 15) is 9.00 Å². The summed E-state index contributed by atoms with van der Waals surface area (Å²) in [4.78, 5) is 13.0. The Bertz CT molecular complexity index is 1040. The molecule has 0 aliphatic carbocycles. The molecule has 3 aromatic rings. The lowest BCUT2D eigenvalue weighted by Gasteiger charge is -2.24. The Labute approximate surface area is 172 Å². The smallest absolute Gasteiger partial charge is 0.210 e. The number of carbonyl (C=O) groups excluding carboxylic acids is 1. The third-order valence-corrected chi connectivity index (χ3v) is 5.85. The number of nitrogens with one attached hydrogen (secondary N) is 1. The number of carbonyl (C=O) groups is 1. The summed E-state index contributed by atoms with van der Waals surface area (Å²) in [6, 6.07) is 8.10. The summed E-state index contributed by atoms with van der Waals surface area (Å²) in [5, 5.41) is 12.3. The number of hydrogen-bond donors (Lipinski definition) is 1.